The van der Waals surface area contributed by atoms with E-state index in [0.717, 1.165) is 25.3 Å². The second-order valence-electron chi connectivity index (χ2n) is 5.58. The van der Waals surface area contributed by atoms with E-state index < -0.39 is 17.4 Å². The lowest BCUT2D eigenvalue weighted by molar-refractivity contribution is 0.105. The second kappa shape index (κ2) is 6.29. The number of likely N-dealkylation sites (tertiary alicyclic amines) is 1. The summed E-state index contributed by atoms with van der Waals surface area (Å²) < 4.78 is 1.42. The van der Waals surface area contributed by atoms with Crippen molar-refractivity contribution in [1.82, 2.24) is 24.4 Å². The van der Waals surface area contributed by atoms with Crippen LogP contribution in [0, 0.1) is 0 Å². The topological polar surface area (TPSA) is 107 Å². The highest BCUT2D eigenvalue weighted by molar-refractivity contribution is 4.95. The van der Waals surface area contributed by atoms with Crippen molar-refractivity contribution in [3.63, 3.8) is 0 Å². The Labute approximate surface area is 126 Å². The third-order valence-electron chi connectivity index (χ3n) is 4.08. The molecule has 0 amide bonds. The van der Waals surface area contributed by atoms with Crippen LogP contribution >= 0.6 is 0 Å². The first-order valence-corrected chi connectivity index (χ1v) is 7.32. The highest BCUT2D eigenvalue weighted by atomic mass is 16.3. The summed E-state index contributed by atoms with van der Waals surface area (Å²) in [5.74, 6) is 0. The minimum Gasteiger partial charge on any atom is -0.391 e. The van der Waals surface area contributed by atoms with E-state index in [1.165, 1.54) is 16.8 Å². The van der Waals surface area contributed by atoms with Crippen LogP contribution in [0.1, 0.15) is 24.6 Å². The Morgan fingerprint density at radius 2 is 2.14 bits per heavy atom. The number of aliphatic hydroxyl groups excluding tert-OH is 1. The maximum atomic E-state index is 11.9. The molecule has 3 N–H and O–H groups in total. The van der Waals surface area contributed by atoms with Crippen molar-refractivity contribution in [3.05, 3.63) is 51.3 Å². The summed E-state index contributed by atoms with van der Waals surface area (Å²) >= 11 is 0. The number of aromatic amines is 2. The molecule has 2 atom stereocenters. The number of imidazole rings is 1. The highest BCUT2D eigenvalue weighted by Crippen LogP contribution is 2.22. The van der Waals surface area contributed by atoms with Crippen molar-refractivity contribution in [2.24, 2.45) is 0 Å². The zero-order valence-electron chi connectivity index (χ0n) is 12.1. The molecule has 1 fully saturated rings. The molecule has 0 aliphatic carbocycles. The molecule has 3 heterocycles. The van der Waals surface area contributed by atoms with Crippen LogP contribution in [0.5, 0.6) is 0 Å². The Morgan fingerprint density at radius 1 is 1.32 bits per heavy atom. The van der Waals surface area contributed by atoms with Crippen LogP contribution in [0.3, 0.4) is 0 Å². The second-order valence-corrected chi connectivity index (χ2v) is 5.58. The molecule has 0 aromatic carbocycles. The van der Waals surface area contributed by atoms with Gasteiger partial charge in [0.05, 0.1) is 18.5 Å². The molecule has 8 nitrogen and oxygen atoms in total. The van der Waals surface area contributed by atoms with Crippen molar-refractivity contribution in [1.29, 1.82) is 0 Å². The number of aromatic nitrogens is 4. The summed E-state index contributed by atoms with van der Waals surface area (Å²) in [6.07, 6.45) is 5.48. The van der Waals surface area contributed by atoms with E-state index in [-0.39, 0.29) is 6.04 Å². The van der Waals surface area contributed by atoms with E-state index in [1.54, 1.807) is 12.5 Å². The molecular formula is C14H19N5O3. The van der Waals surface area contributed by atoms with Gasteiger partial charge in [-0.15, -0.1) is 0 Å². The SMILES string of the molecule is O=c1ccn([C@H]2CCN(Cc3cnc[nH]3)CC[C@@H]2O)c(=O)[nH]1. The van der Waals surface area contributed by atoms with Crippen molar-refractivity contribution in [2.45, 2.75) is 31.5 Å². The quantitative estimate of drug-likeness (QED) is 0.706. The molecule has 1 aliphatic heterocycles. The Bertz CT molecular complexity index is 721. The monoisotopic (exact) mass is 305 g/mol. The molecular weight excluding hydrogens is 286 g/mol. The van der Waals surface area contributed by atoms with Crippen LogP contribution in [-0.4, -0.2) is 48.7 Å². The zero-order chi connectivity index (χ0) is 15.5. The zero-order valence-corrected chi connectivity index (χ0v) is 12.1. The molecule has 2 aromatic rings. The third kappa shape index (κ3) is 3.18. The average molecular weight is 305 g/mol. The third-order valence-corrected chi connectivity index (χ3v) is 4.08. The predicted molar refractivity (Wildman–Crippen MR) is 79.5 cm³/mol. The Balaban J connectivity index is 1.74. The number of H-pyrrole nitrogens is 2. The predicted octanol–water partition coefficient (Wildman–Crippen LogP) is -0.542. The summed E-state index contributed by atoms with van der Waals surface area (Å²) in [6.45, 7) is 2.24. The van der Waals surface area contributed by atoms with E-state index in [2.05, 4.69) is 19.9 Å². The maximum absolute atomic E-state index is 11.9. The van der Waals surface area contributed by atoms with Gasteiger partial charge in [0.15, 0.2) is 0 Å². The summed E-state index contributed by atoms with van der Waals surface area (Å²) in [4.78, 5) is 34.6. The van der Waals surface area contributed by atoms with Gasteiger partial charge in [-0.2, -0.15) is 0 Å². The first-order chi connectivity index (χ1) is 10.6. The van der Waals surface area contributed by atoms with Gasteiger partial charge in [-0.05, 0) is 12.8 Å². The fourth-order valence-electron chi connectivity index (χ4n) is 2.91. The van der Waals surface area contributed by atoms with Crippen LogP contribution in [0.4, 0.5) is 0 Å². The molecule has 22 heavy (non-hydrogen) atoms. The molecule has 1 aliphatic rings. The molecule has 0 radical (unpaired) electrons. The van der Waals surface area contributed by atoms with Crippen molar-refractivity contribution in [2.75, 3.05) is 13.1 Å². The van der Waals surface area contributed by atoms with E-state index in [9.17, 15) is 14.7 Å². The van der Waals surface area contributed by atoms with Crippen LogP contribution in [0.25, 0.3) is 0 Å². The molecule has 0 bridgehead atoms. The lowest BCUT2D eigenvalue weighted by Gasteiger charge is -2.22. The van der Waals surface area contributed by atoms with Gasteiger partial charge in [-0.1, -0.05) is 0 Å². The van der Waals surface area contributed by atoms with Crippen molar-refractivity contribution in [3.8, 4) is 0 Å². The van der Waals surface area contributed by atoms with Gasteiger partial charge in [-0.25, -0.2) is 9.78 Å². The van der Waals surface area contributed by atoms with E-state index in [4.69, 9.17) is 0 Å². The van der Waals surface area contributed by atoms with Crippen LogP contribution in [0.15, 0.2) is 34.4 Å². The van der Waals surface area contributed by atoms with Gasteiger partial charge >= 0.3 is 5.69 Å². The summed E-state index contributed by atoms with van der Waals surface area (Å²) in [5, 5.41) is 10.3. The normalized spacial score (nSPS) is 23.3. The van der Waals surface area contributed by atoms with Gasteiger partial charge in [0.25, 0.3) is 5.56 Å². The molecule has 3 rings (SSSR count). The first kappa shape index (κ1) is 14.7. The van der Waals surface area contributed by atoms with Gasteiger partial charge in [0.2, 0.25) is 0 Å². The molecule has 8 heteroatoms. The van der Waals surface area contributed by atoms with Crippen molar-refractivity contribution >= 4 is 0 Å². The number of hydrogen-bond acceptors (Lipinski definition) is 5. The molecule has 1 saturated heterocycles. The van der Waals surface area contributed by atoms with E-state index in [0.29, 0.717) is 12.8 Å². The molecule has 0 spiro atoms. The van der Waals surface area contributed by atoms with E-state index in [1.807, 2.05) is 0 Å². The first-order valence-electron chi connectivity index (χ1n) is 7.32. The van der Waals surface area contributed by atoms with Crippen molar-refractivity contribution < 1.29 is 5.11 Å². The standard InChI is InChI=1S/C14H19N5O3/c20-12-2-5-18(8-10-7-15-9-16-10)4-1-11(12)19-6-3-13(21)17-14(19)22/h3,6-7,9,11-12,20H,1-2,4-5,8H2,(H,15,16)(H,17,21,22)/t11-,12-/m0/s1. The molecule has 2 aromatic heterocycles. The fraction of sp³-hybridized carbons (Fsp3) is 0.500. The fourth-order valence-corrected chi connectivity index (χ4v) is 2.91. The molecule has 0 unspecified atom stereocenters. The van der Waals surface area contributed by atoms with Crippen LogP contribution in [0.2, 0.25) is 0 Å². The number of aliphatic hydroxyl groups is 1. The minimum absolute atomic E-state index is 0.323. The lowest BCUT2D eigenvalue weighted by atomic mass is 10.1. The smallest absolute Gasteiger partial charge is 0.328 e. The van der Waals surface area contributed by atoms with Gasteiger partial charge in [-0.3, -0.25) is 19.2 Å². The maximum Gasteiger partial charge on any atom is 0.328 e. The average Bonchev–Trinajstić information content (AvgIpc) is 2.92. The summed E-state index contributed by atoms with van der Waals surface area (Å²) in [6, 6.07) is 0.984. The molecule has 118 valence electrons. The number of rotatable bonds is 3. The largest absolute Gasteiger partial charge is 0.391 e. The summed E-state index contributed by atoms with van der Waals surface area (Å²) in [7, 11) is 0. The minimum atomic E-state index is -0.615. The Kier molecular flexibility index (Phi) is 4.21. The Morgan fingerprint density at radius 3 is 2.86 bits per heavy atom. The number of nitrogens with one attached hydrogen (secondary N) is 2. The van der Waals surface area contributed by atoms with Gasteiger partial charge in [0.1, 0.15) is 0 Å². The van der Waals surface area contributed by atoms with E-state index >= 15 is 0 Å². The van der Waals surface area contributed by atoms with Gasteiger partial charge < -0.3 is 10.1 Å². The number of hydrogen-bond donors (Lipinski definition) is 3. The Hall–Kier alpha value is -2.19. The molecule has 0 saturated carbocycles. The lowest BCUT2D eigenvalue weighted by Crippen LogP contribution is -2.36. The number of nitrogens with zero attached hydrogens (tertiary/aromatic N) is 3. The van der Waals surface area contributed by atoms with Crippen LogP contribution < -0.4 is 11.2 Å². The summed E-state index contributed by atoms with van der Waals surface area (Å²) in [5.41, 5.74) is 0.123. The highest BCUT2D eigenvalue weighted by Gasteiger charge is 2.27. The van der Waals surface area contributed by atoms with Gasteiger partial charge in [0, 0.05) is 43.8 Å². The van der Waals surface area contributed by atoms with Crippen LogP contribution in [-0.2, 0) is 6.54 Å².